The molecule has 1 heterocycles. The van der Waals surface area contributed by atoms with Gasteiger partial charge in [0.15, 0.2) is 5.78 Å². The van der Waals surface area contributed by atoms with E-state index >= 15 is 0 Å². The minimum absolute atomic E-state index is 0.0202. The number of rotatable bonds is 5. The Bertz CT molecular complexity index is 855. The Hall–Kier alpha value is -2.62. The van der Waals surface area contributed by atoms with Gasteiger partial charge in [-0.2, -0.15) is 0 Å². The second-order valence-electron chi connectivity index (χ2n) is 5.75. The van der Waals surface area contributed by atoms with Crippen molar-refractivity contribution in [1.82, 2.24) is 0 Å². The van der Waals surface area contributed by atoms with Gasteiger partial charge in [0, 0.05) is 6.42 Å². The maximum atomic E-state index is 12.0. The molecule has 0 bridgehead atoms. The first-order valence-corrected chi connectivity index (χ1v) is 7.78. The van der Waals surface area contributed by atoms with Crippen LogP contribution in [-0.2, 0) is 11.2 Å². The molecule has 0 saturated heterocycles. The third-order valence-corrected chi connectivity index (χ3v) is 4.07. The van der Waals surface area contributed by atoms with Crippen LogP contribution in [0.4, 0.5) is 0 Å². The lowest BCUT2D eigenvalue weighted by molar-refractivity contribution is -0.114. The Labute approximate surface area is 133 Å². The molecule has 118 valence electrons. The molecule has 4 nitrogen and oxygen atoms in total. The molecular weight excluding hydrogens is 292 g/mol. The van der Waals surface area contributed by atoms with E-state index in [9.17, 15) is 14.7 Å². The second-order valence-corrected chi connectivity index (χ2v) is 5.75. The first kappa shape index (κ1) is 15.3. The summed E-state index contributed by atoms with van der Waals surface area (Å²) in [5, 5.41) is 10.9. The van der Waals surface area contributed by atoms with Gasteiger partial charge >= 0.3 is 5.63 Å². The Kier molecular flexibility index (Phi) is 4.42. The van der Waals surface area contributed by atoms with Crippen LogP contribution in [-0.4, -0.2) is 10.9 Å². The van der Waals surface area contributed by atoms with Crippen molar-refractivity contribution in [3.63, 3.8) is 0 Å². The standard InChI is InChI=1S/C19H18O4/c20-14-8-5-7-13(12-14)6-1-2-10-16-18(21)15-9-3-4-11-17(15)23-19(16)22/h3-5,7-9,11,21H,1-2,6,10,12H2. The van der Waals surface area contributed by atoms with Crippen molar-refractivity contribution in [1.29, 1.82) is 0 Å². The fourth-order valence-electron chi connectivity index (χ4n) is 2.85. The monoisotopic (exact) mass is 310 g/mol. The van der Waals surface area contributed by atoms with E-state index in [0.717, 1.165) is 24.8 Å². The summed E-state index contributed by atoms with van der Waals surface area (Å²) in [6.07, 6.45) is 8.74. The van der Waals surface area contributed by atoms with Gasteiger partial charge in [0.05, 0.1) is 10.9 Å². The molecule has 0 spiro atoms. The molecular formula is C19H18O4. The van der Waals surface area contributed by atoms with Gasteiger partial charge in [-0.25, -0.2) is 4.79 Å². The van der Waals surface area contributed by atoms with Crippen LogP contribution in [0.5, 0.6) is 5.75 Å². The van der Waals surface area contributed by atoms with Crippen molar-refractivity contribution in [2.45, 2.75) is 32.1 Å². The third kappa shape index (κ3) is 3.42. The lowest BCUT2D eigenvalue weighted by atomic mass is 9.97. The molecule has 0 saturated carbocycles. The van der Waals surface area contributed by atoms with Gasteiger partial charge < -0.3 is 9.52 Å². The Morgan fingerprint density at radius 3 is 2.70 bits per heavy atom. The normalized spacial score (nSPS) is 14.3. The summed E-state index contributed by atoms with van der Waals surface area (Å²) in [4.78, 5) is 23.3. The summed E-state index contributed by atoms with van der Waals surface area (Å²) in [7, 11) is 0. The Morgan fingerprint density at radius 2 is 1.87 bits per heavy atom. The van der Waals surface area contributed by atoms with E-state index in [-0.39, 0.29) is 11.5 Å². The number of carbonyl (C=O) groups excluding carboxylic acids is 1. The van der Waals surface area contributed by atoms with Crippen molar-refractivity contribution < 1.29 is 14.3 Å². The van der Waals surface area contributed by atoms with E-state index in [1.807, 2.05) is 6.08 Å². The number of aromatic hydroxyl groups is 1. The number of ketones is 1. The minimum atomic E-state index is -0.476. The Balaban J connectivity index is 1.66. The zero-order valence-electron chi connectivity index (χ0n) is 12.7. The fraction of sp³-hybridized carbons (Fsp3) is 0.263. The summed E-state index contributed by atoms with van der Waals surface area (Å²) in [6, 6.07) is 6.96. The van der Waals surface area contributed by atoms with Crippen molar-refractivity contribution in [2.75, 3.05) is 0 Å². The minimum Gasteiger partial charge on any atom is -0.507 e. The highest BCUT2D eigenvalue weighted by molar-refractivity contribution is 5.93. The molecule has 1 aromatic heterocycles. The molecule has 4 heteroatoms. The number of carbonyl (C=O) groups is 1. The first-order chi connectivity index (χ1) is 11.1. The molecule has 0 unspecified atom stereocenters. The molecule has 1 aliphatic rings. The highest BCUT2D eigenvalue weighted by Crippen LogP contribution is 2.27. The number of hydrogen-bond donors (Lipinski definition) is 1. The molecule has 1 N–H and O–H groups in total. The van der Waals surface area contributed by atoms with E-state index in [1.165, 1.54) is 0 Å². The Morgan fingerprint density at radius 1 is 1.09 bits per heavy atom. The van der Waals surface area contributed by atoms with Crippen LogP contribution in [0.1, 0.15) is 31.2 Å². The number of unbranched alkanes of at least 4 members (excludes halogenated alkanes) is 1. The summed E-state index contributed by atoms with van der Waals surface area (Å²) >= 11 is 0. The van der Waals surface area contributed by atoms with Gasteiger partial charge in [-0.1, -0.05) is 29.9 Å². The summed E-state index contributed by atoms with van der Waals surface area (Å²) in [5.74, 6) is 0.155. The quantitative estimate of drug-likeness (QED) is 0.676. The maximum Gasteiger partial charge on any atom is 0.343 e. The van der Waals surface area contributed by atoms with E-state index in [2.05, 4.69) is 0 Å². The number of fused-ring (bicyclic) bond motifs is 1. The molecule has 1 aliphatic carbocycles. The molecule has 23 heavy (non-hydrogen) atoms. The molecule has 0 fully saturated rings. The maximum absolute atomic E-state index is 12.0. The SMILES string of the molecule is O=C1C=CC=C(CCCCc2c(O)c3ccccc3oc2=O)C1. The number of benzene rings is 1. The zero-order valence-corrected chi connectivity index (χ0v) is 12.7. The van der Waals surface area contributed by atoms with E-state index < -0.39 is 5.63 Å². The number of allylic oxidation sites excluding steroid dienone is 4. The molecule has 0 amide bonds. The average molecular weight is 310 g/mol. The summed E-state index contributed by atoms with van der Waals surface area (Å²) in [6.45, 7) is 0. The van der Waals surface area contributed by atoms with Crippen LogP contribution in [0.15, 0.2) is 57.3 Å². The number of para-hydroxylation sites is 1. The van der Waals surface area contributed by atoms with Crippen LogP contribution < -0.4 is 5.63 Å². The van der Waals surface area contributed by atoms with Crippen molar-refractivity contribution >= 4 is 16.8 Å². The smallest absolute Gasteiger partial charge is 0.343 e. The highest BCUT2D eigenvalue weighted by atomic mass is 16.4. The zero-order chi connectivity index (χ0) is 16.2. The van der Waals surface area contributed by atoms with E-state index in [1.54, 1.807) is 36.4 Å². The van der Waals surface area contributed by atoms with Gasteiger partial charge in [0.25, 0.3) is 0 Å². The molecule has 3 rings (SSSR count). The van der Waals surface area contributed by atoms with Crippen molar-refractivity contribution in [3.05, 3.63) is 64.1 Å². The fourth-order valence-corrected chi connectivity index (χ4v) is 2.85. The van der Waals surface area contributed by atoms with Crippen LogP contribution in [0.3, 0.4) is 0 Å². The second kappa shape index (κ2) is 6.65. The highest BCUT2D eigenvalue weighted by Gasteiger charge is 2.13. The molecule has 0 atom stereocenters. The van der Waals surface area contributed by atoms with Gasteiger partial charge in [0.2, 0.25) is 0 Å². The van der Waals surface area contributed by atoms with Crippen molar-refractivity contribution in [3.8, 4) is 5.75 Å². The van der Waals surface area contributed by atoms with Crippen LogP contribution >= 0.6 is 0 Å². The van der Waals surface area contributed by atoms with Gasteiger partial charge in [0.1, 0.15) is 11.3 Å². The van der Waals surface area contributed by atoms with Crippen LogP contribution in [0.25, 0.3) is 11.0 Å². The summed E-state index contributed by atoms with van der Waals surface area (Å²) < 4.78 is 5.25. The molecule has 2 aromatic rings. The molecule has 0 aliphatic heterocycles. The van der Waals surface area contributed by atoms with E-state index in [4.69, 9.17) is 4.42 Å². The predicted molar refractivity (Wildman–Crippen MR) is 88.6 cm³/mol. The molecule has 0 radical (unpaired) electrons. The van der Waals surface area contributed by atoms with E-state index in [0.29, 0.717) is 29.4 Å². The van der Waals surface area contributed by atoms with Gasteiger partial charge in [-0.15, -0.1) is 0 Å². The van der Waals surface area contributed by atoms with Gasteiger partial charge in [-0.05, 0) is 43.9 Å². The van der Waals surface area contributed by atoms with Crippen molar-refractivity contribution in [2.24, 2.45) is 0 Å². The largest absolute Gasteiger partial charge is 0.507 e. The lowest BCUT2D eigenvalue weighted by Gasteiger charge is -2.09. The first-order valence-electron chi connectivity index (χ1n) is 7.78. The average Bonchev–Trinajstić information content (AvgIpc) is 2.54. The summed E-state index contributed by atoms with van der Waals surface area (Å²) in [5.41, 5.74) is 1.37. The van der Waals surface area contributed by atoms with Gasteiger partial charge in [-0.3, -0.25) is 4.79 Å². The van der Waals surface area contributed by atoms with Crippen LogP contribution in [0, 0.1) is 0 Å². The number of hydrogen-bond acceptors (Lipinski definition) is 4. The predicted octanol–water partition coefficient (Wildman–Crippen LogP) is 3.67. The third-order valence-electron chi connectivity index (χ3n) is 4.07. The lowest BCUT2D eigenvalue weighted by Crippen LogP contribution is -2.08. The van der Waals surface area contributed by atoms with Crippen LogP contribution in [0.2, 0.25) is 0 Å². The topological polar surface area (TPSA) is 67.5 Å². The molecule has 1 aromatic carbocycles.